The molecular formula is C11H10N2O2. The highest BCUT2D eigenvalue weighted by molar-refractivity contribution is 6.66. The third-order valence-corrected chi connectivity index (χ3v) is 2.20. The molecule has 0 aliphatic carbocycles. The van der Waals surface area contributed by atoms with Crippen LogP contribution < -0.4 is 0 Å². The number of ketones is 1. The van der Waals surface area contributed by atoms with E-state index < -0.39 is 11.7 Å². The van der Waals surface area contributed by atoms with Gasteiger partial charge in [0, 0.05) is 0 Å². The summed E-state index contributed by atoms with van der Waals surface area (Å²) >= 11 is 0. The van der Waals surface area contributed by atoms with E-state index in [1.165, 1.54) is 5.01 Å². The fraction of sp³-hybridized carbons (Fsp3) is 0.182. The standard InChI is InChI=1S/C11H10N2O2/c1-8-10(14)11(15)13(12-8)7-9-5-3-2-4-6-9/h2-6H,7H2,1H3. The Bertz CT molecular complexity index is 437. The van der Waals surface area contributed by atoms with Gasteiger partial charge in [0.1, 0.15) is 5.71 Å². The molecule has 0 fully saturated rings. The molecule has 1 aliphatic heterocycles. The smallest absolute Gasteiger partial charge is 0.282 e. The second-order valence-corrected chi connectivity index (χ2v) is 3.36. The fourth-order valence-electron chi connectivity index (χ4n) is 1.41. The highest BCUT2D eigenvalue weighted by Crippen LogP contribution is 2.10. The van der Waals surface area contributed by atoms with E-state index in [1.807, 2.05) is 30.3 Å². The minimum absolute atomic E-state index is 0.260. The van der Waals surface area contributed by atoms with Gasteiger partial charge in [-0.1, -0.05) is 30.3 Å². The maximum Gasteiger partial charge on any atom is 0.316 e. The molecule has 0 N–H and O–H groups in total. The summed E-state index contributed by atoms with van der Waals surface area (Å²) < 4.78 is 0. The predicted molar refractivity (Wildman–Crippen MR) is 55.1 cm³/mol. The molecule has 2 rings (SSSR count). The van der Waals surface area contributed by atoms with Crippen LogP contribution in [0.15, 0.2) is 35.4 Å². The van der Waals surface area contributed by atoms with Gasteiger partial charge in [-0.3, -0.25) is 9.59 Å². The number of carbonyl (C=O) groups excluding carboxylic acids is 2. The summed E-state index contributed by atoms with van der Waals surface area (Å²) in [5.41, 5.74) is 1.22. The lowest BCUT2D eigenvalue weighted by Crippen LogP contribution is -2.26. The zero-order chi connectivity index (χ0) is 10.8. The summed E-state index contributed by atoms with van der Waals surface area (Å²) in [6.45, 7) is 1.90. The molecule has 15 heavy (non-hydrogen) atoms. The molecule has 1 aliphatic rings. The zero-order valence-electron chi connectivity index (χ0n) is 8.30. The van der Waals surface area contributed by atoms with Gasteiger partial charge in [-0.05, 0) is 12.5 Å². The molecule has 0 radical (unpaired) electrons. The normalized spacial score (nSPS) is 15.8. The van der Waals surface area contributed by atoms with Gasteiger partial charge in [0.05, 0.1) is 6.54 Å². The van der Waals surface area contributed by atoms with Crippen molar-refractivity contribution in [3.63, 3.8) is 0 Å². The molecule has 0 aromatic heterocycles. The maximum atomic E-state index is 11.4. The molecule has 1 heterocycles. The average Bonchev–Trinajstić information content (AvgIpc) is 2.48. The first kappa shape index (κ1) is 9.58. The van der Waals surface area contributed by atoms with E-state index in [0.717, 1.165) is 5.56 Å². The van der Waals surface area contributed by atoms with E-state index in [4.69, 9.17) is 0 Å². The predicted octanol–water partition coefficient (Wildman–Crippen LogP) is 0.974. The lowest BCUT2D eigenvalue weighted by molar-refractivity contribution is -0.140. The van der Waals surface area contributed by atoms with E-state index in [2.05, 4.69) is 5.10 Å². The molecule has 76 valence electrons. The van der Waals surface area contributed by atoms with Crippen LogP contribution in [0.3, 0.4) is 0 Å². The second kappa shape index (κ2) is 3.65. The molecule has 1 aromatic rings. The average molecular weight is 202 g/mol. The zero-order valence-corrected chi connectivity index (χ0v) is 8.30. The van der Waals surface area contributed by atoms with E-state index >= 15 is 0 Å². The first-order valence-electron chi connectivity index (χ1n) is 4.64. The van der Waals surface area contributed by atoms with Crippen molar-refractivity contribution in [2.75, 3.05) is 0 Å². The Morgan fingerprint density at radius 3 is 2.40 bits per heavy atom. The molecule has 0 unspecified atom stereocenters. The third kappa shape index (κ3) is 1.79. The topological polar surface area (TPSA) is 49.7 Å². The van der Waals surface area contributed by atoms with Crippen LogP contribution in [0, 0.1) is 0 Å². The number of Topliss-reactive ketones (excluding diaryl/α,β-unsaturated/α-hetero) is 1. The molecule has 0 spiro atoms. The Hall–Kier alpha value is -1.97. The van der Waals surface area contributed by atoms with Crippen LogP contribution in [0.4, 0.5) is 0 Å². The van der Waals surface area contributed by atoms with E-state index in [1.54, 1.807) is 6.92 Å². The van der Waals surface area contributed by atoms with Crippen LogP contribution in [-0.2, 0) is 16.1 Å². The summed E-state index contributed by atoms with van der Waals surface area (Å²) in [6.07, 6.45) is 0. The minimum atomic E-state index is -0.545. The molecule has 1 amide bonds. The minimum Gasteiger partial charge on any atom is -0.282 e. The number of amides is 1. The molecule has 0 atom stereocenters. The molecule has 0 saturated carbocycles. The number of rotatable bonds is 2. The first-order chi connectivity index (χ1) is 7.18. The molecule has 4 nitrogen and oxygen atoms in total. The van der Waals surface area contributed by atoms with Crippen LogP contribution >= 0.6 is 0 Å². The van der Waals surface area contributed by atoms with E-state index in [-0.39, 0.29) is 5.71 Å². The number of benzene rings is 1. The molecule has 4 heteroatoms. The highest BCUT2D eigenvalue weighted by Gasteiger charge is 2.30. The van der Waals surface area contributed by atoms with Gasteiger partial charge in [-0.15, -0.1) is 0 Å². The number of hydrogen-bond acceptors (Lipinski definition) is 3. The Balaban J connectivity index is 2.15. The number of hydrazone groups is 1. The molecule has 1 aromatic carbocycles. The molecule has 0 bridgehead atoms. The lowest BCUT2D eigenvalue weighted by atomic mass is 10.2. The van der Waals surface area contributed by atoms with Crippen LogP contribution in [-0.4, -0.2) is 22.4 Å². The lowest BCUT2D eigenvalue weighted by Gasteiger charge is -2.09. The van der Waals surface area contributed by atoms with Crippen molar-refractivity contribution in [3.8, 4) is 0 Å². The van der Waals surface area contributed by atoms with Gasteiger partial charge in [0.2, 0.25) is 0 Å². The molecular weight excluding hydrogens is 192 g/mol. The third-order valence-electron chi connectivity index (χ3n) is 2.20. The largest absolute Gasteiger partial charge is 0.316 e. The van der Waals surface area contributed by atoms with Gasteiger partial charge in [0.25, 0.3) is 5.78 Å². The van der Waals surface area contributed by atoms with Crippen LogP contribution in [0.5, 0.6) is 0 Å². The van der Waals surface area contributed by atoms with E-state index in [0.29, 0.717) is 6.54 Å². The van der Waals surface area contributed by atoms with Crippen molar-refractivity contribution in [1.82, 2.24) is 5.01 Å². The Morgan fingerprint density at radius 2 is 1.87 bits per heavy atom. The van der Waals surface area contributed by atoms with Crippen LogP contribution in [0.2, 0.25) is 0 Å². The summed E-state index contributed by atoms with van der Waals surface area (Å²) in [6, 6.07) is 9.44. The van der Waals surface area contributed by atoms with Gasteiger partial charge < -0.3 is 0 Å². The van der Waals surface area contributed by atoms with Crippen molar-refractivity contribution in [2.24, 2.45) is 5.10 Å². The van der Waals surface area contributed by atoms with Crippen molar-refractivity contribution in [1.29, 1.82) is 0 Å². The highest BCUT2D eigenvalue weighted by atomic mass is 16.2. The Kier molecular flexibility index (Phi) is 2.33. The summed E-state index contributed by atoms with van der Waals surface area (Å²) in [5, 5.41) is 5.10. The van der Waals surface area contributed by atoms with E-state index in [9.17, 15) is 9.59 Å². The maximum absolute atomic E-state index is 11.4. The number of nitrogens with zero attached hydrogens (tertiary/aromatic N) is 2. The van der Waals surface area contributed by atoms with Gasteiger partial charge in [0.15, 0.2) is 0 Å². The second-order valence-electron chi connectivity index (χ2n) is 3.36. The summed E-state index contributed by atoms with van der Waals surface area (Å²) in [5.74, 6) is -1.05. The monoisotopic (exact) mass is 202 g/mol. The summed E-state index contributed by atoms with van der Waals surface area (Å²) in [4.78, 5) is 22.6. The van der Waals surface area contributed by atoms with Gasteiger partial charge in [-0.2, -0.15) is 5.10 Å². The number of carbonyl (C=O) groups is 2. The molecule has 0 saturated heterocycles. The Labute approximate surface area is 87.2 Å². The number of hydrogen-bond donors (Lipinski definition) is 0. The van der Waals surface area contributed by atoms with Crippen molar-refractivity contribution in [2.45, 2.75) is 13.5 Å². The SMILES string of the molecule is CC1=NN(Cc2ccccc2)C(=O)C1=O. The fourth-order valence-corrected chi connectivity index (χ4v) is 1.41. The van der Waals surface area contributed by atoms with Crippen LogP contribution in [0.25, 0.3) is 0 Å². The first-order valence-corrected chi connectivity index (χ1v) is 4.64. The van der Waals surface area contributed by atoms with Gasteiger partial charge in [-0.25, -0.2) is 5.01 Å². The quantitative estimate of drug-likeness (QED) is 0.671. The van der Waals surface area contributed by atoms with Crippen molar-refractivity contribution < 1.29 is 9.59 Å². The Morgan fingerprint density at radius 1 is 1.20 bits per heavy atom. The van der Waals surface area contributed by atoms with Crippen molar-refractivity contribution in [3.05, 3.63) is 35.9 Å². The summed E-state index contributed by atoms with van der Waals surface area (Å²) in [7, 11) is 0. The van der Waals surface area contributed by atoms with Crippen LogP contribution in [0.1, 0.15) is 12.5 Å². The van der Waals surface area contributed by atoms with Gasteiger partial charge >= 0.3 is 5.91 Å². The van der Waals surface area contributed by atoms with Crippen molar-refractivity contribution >= 4 is 17.4 Å².